The first-order valence-electron chi connectivity index (χ1n) is 11.3. The van der Waals surface area contributed by atoms with Crippen LogP contribution in [0, 0.1) is 0 Å². The molecule has 0 saturated carbocycles. The van der Waals surface area contributed by atoms with Gasteiger partial charge in [-0.15, -0.1) is 0 Å². The summed E-state index contributed by atoms with van der Waals surface area (Å²) in [6, 6.07) is 31.2. The van der Waals surface area contributed by atoms with Crippen LogP contribution in [-0.2, 0) is 5.41 Å². The van der Waals surface area contributed by atoms with Crippen LogP contribution in [0.15, 0.2) is 89.3 Å². The molecular weight excluding hydrogens is 388 g/mol. The second-order valence-corrected chi connectivity index (χ2v) is 9.74. The zero-order chi connectivity index (χ0) is 21.2. The highest BCUT2D eigenvalue weighted by molar-refractivity contribution is 6.31. The topological polar surface area (TPSA) is 13.1 Å². The Morgan fingerprint density at radius 1 is 0.594 bits per heavy atom. The van der Waals surface area contributed by atoms with Crippen LogP contribution in [0.4, 0.5) is 0 Å². The molecule has 0 spiro atoms. The lowest BCUT2D eigenvalue weighted by atomic mass is 9.79. The molecule has 0 radical (unpaired) electrons. The molecule has 0 atom stereocenters. The van der Waals surface area contributed by atoms with E-state index in [0.717, 1.165) is 11.2 Å². The zero-order valence-electron chi connectivity index (χ0n) is 18.0. The van der Waals surface area contributed by atoms with Gasteiger partial charge in [0.1, 0.15) is 11.2 Å². The molecule has 7 aromatic rings. The van der Waals surface area contributed by atoms with Crippen molar-refractivity contribution in [2.75, 3.05) is 0 Å². The molecule has 0 N–H and O–H groups in total. The van der Waals surface area contributed by atoms with Crippen LogP contribution in [0.2, 0.25) is 0 Å². The standard InChI is InChI=1S/C31H20O/c1-31(2)25-9-5-3-7-19(25)23-15-17-12-14-22-28-18(11-13-21(27(17)28)29(23)31)16-24-20-8-4-6-10-26(20)32-30(22)24/h3-16H,1-2H3. The predicted octanol–water partition coefficient (Wildman–Crippen LogP) is 8.79. The second-order valence-electron chi connectivity index (χ2n) is 9.74. The Labute approximate surface area is 185 Å². The maximum Gasteiger partial charge on any atom is 0.143 e. The van der Waals surface area contributed by atoms with Crippen LogP contribution < -0.4 is 0 Å². The van der Waals surface area contributed by atoms with E-state index < -0.39 is 0 Å². The molecule has 1 heteroatoms. The normalized spacial score (nSPS) is 14.8. The number of benzene rings is 6. The van der Waals surface area contributed by atoms with E-state index >= 15 is 0 Å². The van der Waals surface area contributed by atoms with Crippen LogP contribution in [0.3, 0.4) is 0 Å². The number of hydrogen-bond acceptors (Lipinski definition) is 1. The molecule has 150 valence electrons. The molecule has 0 aliphatic heterocycles. The van der Waals surface area contributed by atoms with Crippen LogP contribution >= 0.6 is 0 Å². The van der Waals surface area contributed by atoms with Crippen molar-refractivity contribution >= 4 is 54.3 Å². The van der Waals surface area contributed by atoms with Crippen molar-refractivity contribution in [2.45, 2.75) is 19.3 Å². The largest absolute Gasteiger partial charge is 0.455 e. The molecular formula is C31H20O. The maximum absolute atomic E-state index is 6.39. The molecule has 0 amide bonds. The molecule has 8 rings (SSSR count). The number of hydrogen-bond donors (Lipinski definition) is 0. The average Bonchev–Trinajstić information content (AvgIpc) is 3.30. The van der Waals surface area contributed by atoms with Gasteiger partial charge in [0.2, 0.25) is 0 Å². The van der Waals surface area contributed by atoms with Crippen molar-refractivity contribution in [3.8, 4) is 11.1 Å². The highest BCUT2D eigenvalue weighted by atomic mass is 16.3. The van der Waals surface area contributed by atoms with Gasteiger partial charge in [-0.3, -0.25) is 0 Å². The molecule has 6 aromatic carbocycles. The van der Waals surface area contributed by atoms with Crippen LogP contribution in [0.25, 0.3) is 65.4 Å². The third-order valence-corrected chi connectivity index (χ3v) is 7.76. The fourth-order valence-corrected chi connectivity index (χ4v) is 6.41. The highest BCUT2D eigenvalue weighted by Crippen LogP contribution is 2.54. The van der Waals surface area contributed by atoms with E-state index in [-0.39, 0.29) is 5.41 Å². The number of fused-ring (bicyclic) bond motifs is 8. The van der Waals surface area contributed by atoms with Gasteiger partial charge in [0.25, 0.3) is 0 Å². The maximum atomic E-state index is 6.39. The Bertz CT molecular complexity index is 1900. The third-order valence-electron chi connectivity index (χ3n) is 7.76. The molecule has 1 nitrogen and oxygen atoms in total. The Balaban J connectivity index is 1.61. The van der Waals surface area contributed by atoms with Gasteiger partial charge in [0.05, 0.1) is 0 Å². The lowest BCUT2D eigenvalue weighted by Crippen LogP contribution is -2.15. The Morgan fingerprint density at radius 2 is 1.31 bits per heavy atom. The van der Waals surface area contributed by atoms with Crippen LogP contribution in [0.5, 0.6) is 0 Å². The van der Waals surface area contributed by atoms with E-state index in [1.165, 1.54) is 65.3 Å². The Morgan fingerprint density at radius 3 is 2.22 bits per heavy atom. The molecule has 1 heterocycles. The SMILES string of the molecule is CC1(C)c2ccccc2-c2cc3ccc4c5oc6ccccc6c5cc5ccc(c21)c3c54. The van der Waals surface area contributed by atoms with Gasteiger partial charge in [-0.05, 0) is 68.1 Å². The van der Waals surface area contributed by atoms with Gasteiger partial charge in [-0.25, -0.2) is 0 Å². The summed E-state index contributed by atoms with van der Waals surface area (Å²) in [6.45, 7) is 4.73. The summed E-state index contributed by atoms with van der Waals surface area (Å²) in [7, 11) is 0. The van der Waals surface area contributed by atoms with E-state index in [0.29, 0.717) is 0 Å². The van der Waals surface area contributed by atoms with Gasteiger partial charge in [0, 0.05) is 27.0 Å². The predicted molar refractivity (Wildman–Crippen MR) is 135 cm³/mol. The first kappa shape index (κ1) is 16.8. The van der Waals surface area contributed by atoms with Gasteiger partial charge in [-0.2, -0.15) is 0 Å². The van der Waals surface area contributed by atoms with Gasteiger partial charge in [-0.1, -0.05) is 74.5 Å². The Kier molecular flexibility index (Phi) is 2.79. The number of para-hydroxylation sites is 1. The zero-order valence-corrected chi connectivity index (χ0v) is 18.0. The van der Waals surface area contributed by atoms with Crippen LogP contribution in [0.1, 0.15) is 25.0 Å². The Hall–Kier alpha value is -3.84. The lowest BCUT2D eigenvalue weighted by molar-refractivity contribution is 0.666. The minimum Gasteiger partial charge on any atom is -0.455 e. The fourth-order valence-electron chi connectivity index (χ4n) is 6.41. The molecule has 0 fully saturated rings. The van der Waals surface area contributed by atoms with Crippen LogP contribution in [-0.4, -0.2) is 0 Å². The average molecular weight is 409 g/mol. The summed E-state index contributed by atoms with van der Waals surface area (Å²) in [5, 5.41) is 10.2. The number of rotatable bonds is 0. The summed E-state index contributed by atoms with van der Waals surface area (Å²) in [6.07, 6.45) is 0. The highest BCUT2D eigenvalue weighted by Gasteiger charge is 2.37. The summed E-state index contributed by atoms with van der Waals surface area (Å²) in [4.78, 5) is 0. The van der Waals surface area contributed by atoms with E-state index in [9.17, 15) is 0 Å². The first-order chi connectivity index (χ1) is 15.6. The summed E-state index contributed by atoms with van der Waals surface area (Å²) < 4.78 is 6.39. The second kappa shape index (κ2) is 5.31. The molecule has 0 unspecified atom stereocenters. The minimum absolute atomic E-state index is 0.0249. The molecule has 32 heavy (non-hydrogen) atoms. The van der Waals surface area contributed by atoms with E-state index in [1.807, 2.05) is 6.07 Å². The minimum atomic E-state index is -0.0249. The van der Waals surface area contributed by atoms with Crippen molar-refractivity contribution in [2.24, 2.45) is 0 Å². The van der Waals surface area contributed by atoms with Crippen molar-refractivity contribution in [1.82, 2.24) is 0 Å². The summed E-state index contributed by atoms with van der Waals surface area (Å²) >= 11 is 0. The quantitative estimate of drug-likeness (QED) is 0.229. The van der Waals surface area contributed by atoms with Crippen molar-refractivity contribution < 1.29 is 4.42 Å². The van der Waals surface area contributed by atoms with Crippen molar-refractivity contribution in [1.29, 1.82) is 0 Å². The van der Waals surface area contributed by atoms with E-state index in [4.69, 9.17) is 4.42 Å². The fraction of sp³-hybridized carbons (Fsp3) is 0.0968. The smallest absolute Gasteiger partial charge is 0.143 e. The van der Waals surface area contributed by atoms with Crippen molar-refractivity contribution in [3.05, 3.63) is 96.1 Å². The van der Waals surface area contributed by atoms with Gasteiger partial charge in [0.15, 0.2) is 0 Å². The van der Waals surface area contributed by atoms with Crippen molar-refractivity contribution in [3.63, 3.8) is 0 Å². The third kappa shape index (κ3) is 1.79. The monoisotopic (exact) mass is 408 g/mol. The molecule has 0 saturated heterocycles. The van der Waals surface area contributed by atoms with Gasteiger partial charge < -0.3 is 4.42 Å². The lowest BCUT2D eigenvalue weighted by Gasteiger charge is -2.24. The van der Waals surface area contributed by atoms with E-state index in [2.05, 4.69) is 92.7 Å². The molecule has 0 bridgehead atoms. The first-order valence-corrected chi connectivity index (χ1v) is 11.3. The van der Waals surface area contributed by atoms with E-state index in [1.54, 1.807) is 0 Å². The molecule has 1 aliphatic rings. The molecule has 1 aromatic heterocycles. The number of furan rings is 1. The summed E-state index contributed by atoms with van der Waals surface area (Å²) in [5.41, 5.74) is 7.55. The van der Waals surface area contributed by atoms with Gasteiger partial charge >= 0.3 is 0 Å². The molecule has 1 aliphatic carbocycles. The summed E-state index contributed by atoms with van der Waals surface area (Å²) in [5.74, 6) is 0.